The van der Waals surface area contributed by atoms with Crippen molar-refractivity contribution in [2.45, 2.75) is 264 Å². The van der Waals surface area contributed by atoms with E-state index in [4.69, 9.17) is 14.2 Å². The van der Waals surface area contributed by atoms with E-state index in [1.54, 1.807) is 0 Å². The molecular weight excluding hydrogens is 841 g/mol. The molecule has 0 heterocycles. The van der Waals surface area contributed by atoms with E-state index in [0.717, 1.165) is 116 Å². The highest BCUT2D eigenvalue weighted by Crippen LogP contribution is 2.15. The smallest absolute Gasteiger partial charge is 0.306 e. The van der Waals surface area contributed by atoms with Gasteiger partial charge in [0.15, 0.2) is 6.10 Å². The van der Waals surface area contributed by atoms with E-state index in [1.807, 2.05) is 0 Å². The van der Waals surface area contributed by atoms with Gasteiger partial charge in [-0.1, -0.05) is 253 Å². The van der Waals surface area contributed by atoms with Crippen LogP contribution in [0.25, 0.3) is 0 Å². The SMILES string of the molecule is CC/C=C\C/C=C\C/C=C\C/C=C\C/C=C\C/C=C\C/C=C\C/C=C\CCCCCCCCCCC(=O)OCC(COC(=O)CCCCCCCC)OC(=O)CCCCCCCCCCCCC. The molecule has 0 spiro atoms. The van der Waals surface area contributed by atoms with E-state index in [2.05, 4.69) is 118 Å². The number of allylic oxidation sites excluding steroid dienone is 16. The lowest BCUT2D eigenvalue weighted by Gasteiger charge is -2.18. The summed E-state index contributed by atoms with van der Waals surface area (Å²) in [5.41, 5.74) is 0. The summed E-state index contributed by atoms with van der Waals surface area (Å²) >= 11 is 0. The molecular formula is C62H104O6. The predicted octanol–water partition coefficient (Wildman–Crippen LogP) is 18.9. The van der Waals surface area contributed by atoms with Gasteiger partial charge in [-0.05, 0) is 83.5 Å². The summed E-state index contributed by atoms with van der Waals surface area (Å²) in [5.74, 6) is -0.896. The molecule has 6 nitrogen and oxygen atoms in total. The zero-order valence-corrected chi connectivity index (χ0v) is 44.3. The first-order chi connectivity index (χ1) is 33.5. The molecule has 0 bridgehead atoms. The average Bonchev–Trinajstić information content (AvgIpc) is 3.34. The predicted molar refractivity (Wildman–Crippen MR) is 293 cm³/mol. The summed E-state index contributed by atoms with van der Waals surface area (Å²) in [5, 5.41) is 0. The molecule has 0 fully saturated rings. The third-order valence-electron chi connectivity index (χ3n) is 11.9. The van der Waals surface area contributed by atoms with Crippen molar-refractivity contribution in [1.82, 2.24) is 0 Å². The Kier molecular flexibility index (Phi) is 52.9. The fraction of sp³-hybridized carbons (Fsp3) is 0.694. The first kappa shape index (κ1) is 64.3. The summed E-state index contributed by atoms with van der Waals surface area (Å²) in [7, 11) is 0. The third kappa shape index (κ3) is 53.3. The molecule has 68 heavy (non-hydrogen) atoms. The van der Waals surface area contributed by atoms with Crippen molar-refractivity contribution in [3.05, 3.63) is 97.2 Å². The van der Waals surface area contributed by atoms with Crippen LogP contribution in [0.1, 0.15) is 258 Å². The maximum absolute atomic E-state index is 12.7. The quantitative estimate of drug-likeness (QED) is 0.0262. The Bertz CT molecular complexity index is 1360. The minimum Gasteiger partial charge on any atom is -0.462 e. The molecule has 0 aliphatic heterocycles. The molecule has 0 amide bonds. The minimum atomic E-state index is -0.774. The van der Waals surface area contributed by atoms with Gasteiger partial charge >= 0.3 is 17.9 Å². The van der Waals surface area contributed by atoms with Crippen molar-refractivity contribution < 1.29 is 28.6 Å². The molecule has 0 aromatic carbocycles. The maximum atomic E-state index is 12.7. The second-order valence-electron chi connectivity index (χ2n) is 18.5. The number of hydrogen-bond donors (Lipinski definition) is 0. The Hall–Kier alpha value is -3.67. The fourth-order valence-corrected chi connectivity index (χ4v) is 7.63. The molecule has 6 heteroatoms. The van der Waals surface area contributed by atoms with E-state index < -0.39 is 6.10 Å². The molecule has 0 N–H and O–H groups in total. The molecule has 0 saturated heterocycles. The summed E-state index contributed by atoms with van der Waals surface area (Å²) in [6.45, 7) is 6.45. The maximum Gasteiger partial charge on any atom is 0.306 e. The summed E-state index contributed by atoms with van der Waals surface area (Å²) in [6, 6.07) is 0. The Morgan fingerprint density at radius 2 is 0.574 bits per heavy atom. The zero-order chi connectivity index (χ0) is 49.3. The summed E-state index contributed by atoms with van der Waals surface area (Å²) in [6.07, 6.45) is 74.4. The van der Waals surface area contributed by atoms with Gasteiger partial charge in [-0.15, -0.1) is 0 Å². The Labute approximate surface area is 419 Å². The largest absolute Gasteiger partial charge is 0.462 e. The van der Waals surface area contributed by atoms with Gasteiger partial charge in [0.1, 0.15) is 13.2 Å². The van der Waals surface area contributed by atoms with E-state index >= 15 is 0 Å². The molecule has 0 saturated carbocycles. The number of esters is 3. The normalized spacial score (nSPS) is 12.8. The van der Waals surface area contributed by atoms with Crippen LogP contribution in [0, 0.1) is 0 Å². The van der Waals surface area contributed by atoms with Crippen molar-refractivity contribution in [3.63, 3.8) is 0 Å². The number of unbranched alkanes of at least 4 members (excludes halogenated alkanes) is 23. The van der Waals surface area contributed by atoms with Crippen LogP contribution in [0.2, 0.25) is 0 Å². The van der Waals surface area contributed by atoms with E-state index in [0.29, 0.717) is 19.3 Å². The number of hydrogen-bond acceptors (Lipinski definition) is 6. The van der Waals surface area contributed by atoms with Crippen LogP contribution >= 0.6 is 0 Å². The first-order valence-electron chi connectivity index (χ1n) is 28.2. The van der Waals surface area contributed by atoms with Crippen molar-refractivity contribution in [1.29, 1.82) is 0 Å². The van der Waals surface area contributed by atoms with Crippen molar-refractivity contribution in [3.8, 4) is 0 Å². The monoisotopic (exact) mass is 945 g/mol. The van der Waals surface area contributed by atoms with Gasteiger partial charge < -0.3 is 14.2 Å². The highest BCUT2D eigenvalue weighted by Gasteiger charge is 2.19. The summed E-state index contributed by atoms with van der Waals surface area (Å²) < 4.78 is 16.7. The molecule has 0 aromatic rings. The standard InChI is InChI=1S/C62H104O6/c1-4-7-10-13-16-18-20-21-22-23-24-25-26-27-28-29-30-31-32-33-34-35-36-37-38-39-40-41-43-44-46-49-52-55-61(64)67-58-59(57-66-60(63)54-51-48-15-12-9-6-3)68-62(65)56-53-50-47-45-42-19-17-14-11-8-5-2/h7,10,16,18,21-22,24-25,27-28,30-31,33-34,36-37,59H,4-6,8-9,11-15,17,19-20,23,26,29,32,35,38-58H2,1-3H3/b10-7-,18-16-,22-21-,25-24-,28-27-,31-30-,34-33-,37-36-. The number of rotatable bonds is 50. The Morgan fingerprint density at radius 1 is 0.309 bits per heavy atom. The number of carbonyl (C=O) groups excluding carboxylic acids is 3. The van der Waals surface area contributed by atoms with Gasteiger partial charge in [-0.2, -0.15) is 0 Å². The molecule has 0 radical (unpaired) electrons. The second kappa shape index (κ2) is 55.9. The van der Waals surface area contributed by atoms with Crippen LogP contribution in [0.4, 0.5) is 0 Å². The first-order valence-corrected chi connectivity index (χ1v) is 28.2. The van der Waals surface area contributed by atoms with Crippen LogP contribution < -0.4 is 0 Å². The molecule has 388 valence electrons. The Morgan fingerprint density at radius 3 is 0.897 bits per heavy atom. The highest BCUT2D eigenvalue weighted by molar-refractivity contribution is 5.71. The van der Waals surface area contributed by atoms with Gasteiger partial charge in [0.05, 0.1) is 0 Å². The van der Waals surface area contributed by atoms with Gasteiger partial charge in [-0.25, -0.2) is 0 Å². The number of ether oxygens (including phenoxy) is 3. The van der Waals surface area contributed by atoms with Gasteiger partial charge in [0, 0.05) is 19.3 Å². The lowest BCUT2D eigenvalue weighted by molar-refractivity contribution is -0.167. The lowest BCUT2D eigenvalue weighted by atomic mass is 10.1. The molecule has 0 aromatic heterocycles. The number of carbonyl (C=O) groups is 3. The van der Waals surface area contributed by atoms with Crippen LogP contribution in [-0.2, 0) is 28.6 Å². The fourth-order valence-electron chi connectivity index (χ4n) is 7.63. The summed E-state index contributed by atoms with van der Waals surface area (Å²) in [4.78, 5) is 37.7. The van der Waals surface area contributed by atoms with E-state index in [-0.39, 0.29) is 31.1 Å². The van der Waals surface area contributed by atoms with Crippen LogP contribution in [-0.4, -0.2) is 37.2 Å². The van der Waals surface area contributed by atoms with Gasteiger partial charge in [0.25, 0.3) is 0 Å². The van der Waals surface area contributed by atoms with Gasteiger partial charge in [-0.3, -0.25) is 14.4 Å². The molecule has 1 unspecified atom stereocenters. The van der Waals surface area contributed by atoms with Crippen molar-refractivity contribution >= 4 is 17.9 Å². The van der Waals surface area contributed by atoms with Crippen LogP contribution in [0.5, 0.6) is 0 Å². The topological polar surface area (TPSA) is 78.9 Å². The molecule has 0 aliphatic carbocycles. The van der Waals surface area contributed by atoms with Crippen LogP contribution in [0.15, 0.2) is 97.2 Å². The van der Waals surface area contributed by atoms with Crippen molar-refractivity contribution in [2.24, 2.45) is 0 Å². The third-order valence-corrected chi connectivity index (χ3v) is 11.9. The van der Waals surface area contributed by atoms with Crippen molar-refractivity contribution in [2.75, 3.05) is 13.2 Å². The molecule has 0 aliphatic rings. The van der Waals surface area contributed by atoms with Gasteiger partial charge in [0.2, 0.25) is 0 Å². The Balaban J connectivity index is 4.06. The van der Waals surface area contributed by atoms with Crippen LogP contribution in [0.3, 0.4) is 0 Å². The highest BCUT2D eigenvalue weighted by atomic mass is 16.6. The minimum absolute atomic E-state index is 0.0775. The molecule has 0 rings (SSSR count). The molecule has 1 atom stereocenters. The average molecular weight is 946 g/mol. The van der Waals surface area contributed by atoms with E-state index in [1.165, 1.54) is 103 Å². The lowest BCUT2D eigenvalue weighted by Crippen LogP contribution is -2.30. The zero-order valence-electron chi connectivity index (χ0n) is 44.3. The second-order valence-corrected chi connectivity index (χ2v) is 18.5. The van der Waals surface area contributed by atoms with E-state index in [9.17, 15) is 14.4 Å².